The molecule has 0 fully saturated rings. The van der Waals surface area contributed by atoms with Gasteiger partial charge in [0.2, 0.25) is 5.88 Å². The lowest BCUT2D eigenvalue weighted by Gasteiger charge is -2.13. The van der Waals surface area contributed by atoms with Crippen LogP contribution in [0.15, 0.2) is 73.1 Å². The zero-order chi connectivity index (χ0) is 21.4. The van der Waals surface area contributed by atoms with E-state index in [9.17, 15) is 0 Å². The van der Waals surface area contributed by atoms with Crippen molar-refractivity contribution in [2.45, 2.75) is 0 Å². The van der Waals surface area contributed by atoms with Gasteiger partial charge < -0.3 is 15.0 Å². The van der Waals surface area contributed by atoms with Gasteiger partial charge >= 0.3 is 0 Å². The van der Waals surface area contributed by atoms with Gasteiger partial charge in [-0.3, -0.25) is 4.57 Å². The van der Waals surface area contributed by atoms with E-state index in [2.05, 4.69) is 60.3 Å². The minimum atomic E-state index is 0.510. The molecule has 1 N–H and O–H groups in total. The van der Waals surface area contributed by atoms with Crippen LogP contribution in [-0.2, 0) is 0 Å². The van der Waals surface area contributed by atoms with E-state index in [1.807, 2.05) is 56.8 Å². The summed E-state index contributed by atoms with van der Waals surface area (Å²) >= 11 is 0. The molecule has 0 aliphatic heterocycles. The van der Waals surface area contributed by atoms with Crippen molar-refractivity contribution in [3.05, 3.63) is 73.1 Å². The van der Waals surface area contributed by atoms with E-state index in [0.717, 1.165) is 38.9 Å². The Labute approximate surface area is 179 Å². The molecule has 31 heavy (non-hydrogen) atoms. The van der Waals surface area contributed by atoms with Crippen LogP contribution in [0.4, 0.5) is 17.2 Å². The lowest BCUT2D eigenvalue weighted by atomic mass is 10.2. The lowest BCUT2D eigenvalue weighted by molar-refractivity contribution is 0.398. The molecule has 2 heterocycles. The number of methoxy groups -OCH3 is 1. The predicted molar refractivity (Wildman–Crippen MR) is 125 cm³/mol. The largest absolute Gasteiger partial charge is 0.479 e. The predicted octanol–water partition coefficient (Wildman–Crippen LogP) is 4.79. The van der Waals surface area contributed by atoms with Crippen LogP contribution in [0.5, 0.6) is 5.88 Å². The summed E-state index contributed by atoms with van der Waals surface area (Å²) in [4.78, 5) is 6.68. The highest BCUT2D eigenvalue weighted by Crippen LogP contribution is 2.30. The first-order valence-electron chi connectivity index (χ1n) is 9.95. The first kappa shape index (κ1) is 18.9. The van der Waals surface area contributed by atoms with Crippen molar-refractivity contribution in [2.24, 2.45) is 0 Å². The minimum absolute atomic E-state index is 0.510. The highest BCUT2D eigenvalue weighted by molar-refractivity contribution is 5.96. The number of benzene rings is 3. The molecule has 154 valence electrons. The lowest BCUT2D eigenvalue weighted by Crippen LogP contribution is -2.08. The van der Waals surface area contributed by atoms with Crippen LogP contribution in [-0.4, -0.2) is 41.0 Å². The van der Waals surface area contributed by atoms with Crippen LogP contribution in [0.25, 0.3) is 27.5 Å². The first-order chi connectivity index (χ1) is 15.1. The number of hydrogen-bond donors (Lipinski definition) is 1. The summed E-state index contributed by atoms with van der Waals surface area (Å²) in [5.41, 5.74) is 5.06. The Bertz CT molecular complexity index is 1370. The molecule has 5 rings (SSSR count). The second-order valence-corrected chi connectivity index (χ2v) is 7.46. The maximum Gasteiger partial charge on any atom is 0.241 e. The number of hydrogen-bond acceptors (Lipinski definition) is 6. The van der Waals surface area contributed by atoms with Crippen LogP contribution in [0, 0.1) is 0 Å². The van der Waals surface area contributed by atoms with E-state index in [0.29, 0.717) is 11.7 Å². The van der Waals surface area contributed by atoms with Gasteiger partial charge in [0.15, 0.2) is 5.82 Å². The second-order valence-electron chi connectivity index (χ2n) is 7.46. The molecule has 0 aliphatic rings. The fourth-order valence-electron chi connectivity index (χ4n) is 3.67. The fourth-order valence-corrected chi connectivity index (χ4v) is 3.67. The van der Waals surface area contributed by atoms with Crippen LogP contribution in [0.1, 0.15) is 0 Å². The van der Waals surface area contributed by atoms with Gasteiger partial charge in [0.05, 0.1) is 18.1 Å². The molecule has 7 nitrogen and oxygen atoms in total. The van der Waals surface area contributed by atoms with Gasteiger partial charge in [0.25, 0.3) is 0 Å². The van der Waals surface area contributed by atoms with Crippen molar-refractivity contribution < 1.29 is 4.74 Å². The third kappa shape index (κ3) is 3.40. The minimum Gasteiger partial charge on any atom is -0.479 e. The van der Waals surface area contributed by atoms with Gasteiger partial charge in [-0.2, -0.15) is 0 Å². The van der Waals surface area contributed by atoms with E-state index in [4.69, 9.17) is 4.74 Å². The van der Waals surface area contributed by atoms with Gasteiger partial charge in [-0.05, 0) is 48.5 Å². The van der Waals surface area contributed by atoms with Gasteiger partial charge in [-0.1, -0.05) is 18.2 Å². The Kier molecular flexibility index (Phi) is 4.63. The zero-order valence-electron chi connectivity index (χ0n) is 17.6. The third-order valence-electron chi connectivity index (χ3n) is 5.30. The van der Waals surface area contributed by atoms with E-state index in [1.54, 1.807) is 7.11 Å². The molecule has 0 bridgehead atoms. The van der Waals surface area contributed by atoms with Gasteiger partial charge in [-0.25, -0.2) is 4.98 Å². The van der Waals surface area contributed by atoms with Crippen LogP contribution >= 0.6 is 0 Å². The maximum atomic E-state index is 5.34. The summed E-state index contributed by atoms with van der Waals surface area (Å²) in [5.74, 6) is 1.19. The molecule has 0 radical (unpaired) electrons. The van der Waals surface area contributed by atoms with Gasteiger partial charge in [-0.15, -0.1) is 10.2 Å². The monoisotopic (exact) mass is 410 g/mol. The Morgan fingerprint density at radius 3 is 2.42 bits per heavy atom. The van der Waals surface area contributed by atoms with Crippen molar-refractivity contribution >= 4 is 39.0 Å². The van der Waals surface area contributed by atoms with E-state index in [1.165, 1.54) is 0 Å². The van der Waals surface area contributed by atoms with Crippen molar-refractivity contribution in [2.75, 3.05) is 31.4 Å². The summed E-state index contributed by atoms with van der Waals surface area (Å²) < 4.78 is 7.42. The van der Waals surface area contributed by atoms with Crippen molar-refractivity contribution in [1.82, 2.24) is 19.7 Å². The summed E-state index contributed by atoms with van der Waals surface area (Å²) in [6.07, 6.45) is 1.85. The average Bonchev–Trinajstić information content (AvgIpc) is 3.22. The van der Waals surface area contributed by atoms with Gasteiger partial charge in [0.1, 0.15) is 6.33 Å². The molecular weight excluding hydrogens is 388 g/mol. The van der Waals surface area contributed by atoms with Crippen LogP contribution < -0.4 is 15.0 Å². The third-order valence-corrected chi connectivity index (χ3v) is 5.30. The Morgan fingerprint density at radius 2 is 1.68 bits per heavy atom. The number of fused-ring (bicyclic) bond motifs is 2. The maximum absolute atomic E-state index is 5.34. The Morgan fingerprint density at radius 1 is 0.903 bits per heavy atom. The average molecular weight is 410 g/mol. The van der Waals surface area contributed by atoms with Crippen LogP contribution in [0.2, 0.25) is 0 Å². The van der Waals surface area contributed by atoms with E-state index < -0.39 is 0 Å². The summed E-state index contributed by atoms with van der Waals surface area (Å²) in [6.45, 7) is 0. The summed E-state index contributed by atoms with van der Waals surface area (Å²) in [5, 5.41) is 13.7. The first-order valence-corrected chi connectivity index (χ1v) is 9.95. The van der Waals surface area contributed by atoms with E-state index in [-0.39, 0.29) is 0 Å². The molecular formula is C24H22N6O. The molecule has 0 atom stereocenters. The zero-order valence-corrected chi connectivity index (χ0v) is 17.6. The number of nitrogens with zero attached hydrogens (tertiary/aromatic N) is 5. The SMILES string of the molecule is COc1nnc(Nc2ccc3c(c2)ncn3-c2ccc(N(C)C)cc2)c2ccccc12. The highest BCUT2D eigenvalue weighted by Gasteiger charge is 2.11. The quantitative estimate of drug-likeness (QED) is 0.449. The van der Waals surface area contributed by atoms with Crippen molar-refractivity contribution in [3.63, 3.8) is 0 Å². The molecule has 0 unspecified atom stereocenters. The molecule has 5 aromatic rings. The standard InChI is InChI=1S/C24H22N6O/c1-29(2)17-9-11-18(12-10-17)30-15-25-21-14-16(8-13-22(21)30)26-23-19-6-4-5-7-20(19)24(31-3)28-27-23/h4-15H,1-3H3,(H,26,27). The van der Waals surface area contributed by atoms with E-state index >= 15 is 0 Å². The smallest absolute Gasteiger partial charge is 0.241 e. The molecule has 2 aromatic heterocycles. The normalized spacial score (nSPS) is 11.1. The summed E-state index contributed by atoms with van der Waals surface area (Å²) in [7, 11) is 5.67. The number of imidazole rings is 1. The fraction of sp³-hybridized carbons (Fsp3) is 0.125. The molecule has 3 aromatic carbocycles. The molecule has 0 amide bonds. The topological polar surface area (TPSA) is 68.1 Å². The van der Waals surface area contributed by atoms with Crippen molar-refractivity contribution in [3.8, 4) is 11.6 Å². The Balaban J connectivity index is 1.49. The molecule has 0 saturated carbocycles. The molecule has 7 heteroatoms. The second kappa shape index (κ2) is 7.60. The molecule has 0 aliphatic carbocycles. The number of aromatic nitrogens is 4. The Hall–Kier alpha value is -4.13. The summed E-state index contributed by atoms with van der Waals surface area (Å²) in [6, 6.07) is 22.4. The molecule has 0 saturated heterocycles. The number of anilines is 3. The van der Waals surface area contributed by atoms with Gasteiger partial charge in [0, 0.05) is 41.9 Å². The number of nitrogens with one attached hydrogen (secondary N) is 1. The highest BCUT2D eigenvalue weighted by atomic mass is 16.5. The molecule has 0 spiro atoms. The number of rotatable bonds is 5. The van der Waals surface area contributed by atoms with Crippen molar-refractivity contribution in [1.29, 1.82) is 0 Å². The number of ether oxygens (including phenoxy) is 1. The van der Waals surface area contributed by atoms with Crippen LogP contribution in [0.3, 0.4) is 0 Å².